The van der Waals surface area contributed by atoms with Gasteiger partial charge in [0, 0.05) is 19.5 Å². The van der Waals surface area contributed by atoms with Crippen molar-refractivity contribution in [2.45, 2.75) is 18.9 Å². The zero-order chi connectivity index (χ0) is 9.90. The number of hydrogen-bond donors (Lipinski definition) is 1. The van der Waals surface area contributed by atoms with E-state index in [2.05, 4.69) is 0 Å². The zero-order valence-electron chi connectivity index (χ0n) is 7.77. The van der Waals surface area contributed by atoms with Gasteiger partial charge in [-0.3, -0.25) is 0 Å². The number of rotatable bonds is 3. The van der Waals surface area contributed by atoms with E-state index in [0.717, 1.165) is 19.1 Å². The van der Waals surface area contributed by atoms with Gasteiger partial charge in [0.2, 0.25) is 0 Å². The number of ether oxygens (including phenoxy) is 1. The predicted octanol–water partition coefficient (Wildman–Crippen LogP) is -0.182. The molecule has 1 unspecified atom stereocenters. The van der Waals surface area contributed by atoms with Crippen molar-refractivity contribution in [2.24, 2.45) is 5.92 Å². The third-order valence-corrected chi connectivity index (χ3v) is 3.23. The lowest BCUT2D eigenvalue weighted by atomic mass is 9.95. The molecule has 0 aromatic heterocycles. The van der Waals surface area contributed by atoms with Crippen molar-refractivity contribution in [1.29, 1.82) is 0 Å². The molecule has 4 nitrogen and oxygen atoms in total. The lowest BCUT2D eigenvalue weighted by Crippen LogP contribution is -2.32. The van der Waals surface area contributed by atoms with E-state index in [4.69, 9.17) is 4.74 Å². The van der Waals surface area contributed by atoms with Gasteiger partial charge >= 0.3 is 0 Å². The third-order valence-electron chi connectivity index (χ3n) is 2.28. The van der Waals surface area contributed by atoms with E-state index >= 15 is 0 Å². The number of hydrogen-bond acceptors (Lipinski definition) is 4. The second-order valence-electron chi connectivity index (χ2n) is 3.61. The smallest absolute Gasteiger partial charge is 0.150 e. The summed E-state index contributed by atoms with van der Waals surface area (Å²) in [6.07, 6.45) is 1.95. The maximum atomic E-state index is 10.9. The Morgan fingerprint density at radius 1 is 1.46 bits per heavy atom. The molecule has 0 saturated carbocycles. The average molecular weight is 208 g/mol. The van der Waals surface area contributed by atoms with Crippen LogP contribution < -0.4 is 0 Å². The quantitative estimate of drug-likeness (QED) is 0.698. The van der Waals surface area contributed by atoms with Crippen molar-refractivity contribution >= 4 is 9.84 Å². The van der Waals surface area contributed by atoms with Gasteiger partial charge in [-0.25, -0.2) is 8.42 Å². The summed E-state index contributed by atoms with van der Waals surface area (Å²) in [7, 11) is -3.06. The van der Waals surface area contributed by atoms with Crippen LogP contribution in [0.15, 0.2) is 0 Å². The van der Waals surface area contributed by atoms with Crippen LogP contribution in [0.1, 0.15) is 12.8 Å². The number of aliphatic hydroxyl groups is 1. The van der Waals surface area contributed by atoms with E-state index in [0.29, 0.717) is 13.2 Å². The molecule has 0 aliphatic carbocycles. The van der Waals surface area contributed by atoms with E-state index < -0.39 is 15.9 Å². The van der Waals surface area contributed by atoms with E-state index in [1.165, 1.54) is 0 Å². The summed E-state index contributed by atoms with van der Waals surface area (Å²) in [4.78, 5) is 0. The molecule has 1 N–H and O–H groups in total. The second kappa shape index (κ2) is 4.39. The molecule has 13 heavy (non-hydrogen) atoms. The highest BCUT2D eigenvalue weighted by Gasteiger charge is 2.24. The van der Waals surface area contributed by atoms with Crippen LogP contribution in [0.4, 0.5) is 0 Å². The maximum Gasteiger partial charge on any atom is 0.150 e. The molecule has 5 heteroatoms. The van der Waals surface area contributed by atoms with Gasteiger partial charge in [-0.15, -0.1) is 0 Å². The normalized spacial score (nSPS) is 22.9. The fourth-order valence-electron chi connectivity index (χ4n) is 1.55. The standard InChI is InChI=1S/C8H16O4S/c1-13(10,11)6-8(9)7-2-4-12-5-3-7/h7-9H,2-6H2,1H3. The summed E-state index contributed by atoms with van der Waals surface area (Å²) in [5, 5.41) is 9.57. The predicted molar refractivity (Wildman–Crippen MR) is 49.3 cm³/mol. The Labute approximate surface area is 78.8 Å². The first-order valence-corrected chi connectivity index (χ1v) is 6.48. The Bertz CT molecular complexity index is 241. The third kappa shape index (κ3) is 4.06. The van der Waals surface area contributed by atoms with Crippen LogP contribution in [0.5, 0.6) is 0 Å². The lowest BCUT2D eigenvalue weighted by Gasteiger charge is -2.26. The van der Waals surface area contributed by atoms with Crippen LogP contribution in [0.2, 0.25) is 0 Å². The first-order valence-electron chi connectivity index (χ1n) is 4.42. The Kier molecular flexibility index (Phi) is 3.70. The van der Waals surface area contributed by atoms with E-state index in [1.807, 2.05) is 0 Å². The highest BCUT2D eigenvalue weighted by Crippen LogP contribution is 2.19. The van der Waals surface area contributed by atoms with Gasteiger partial charge in [0.05, 0.1) is 11.9 Å². The molecular weight excluding hydrogens is 192 g/mol. The Balaban J connectivity index is 2.42. The SMILES string of the molecule is CS(=O)(=O)CC(O)C1CCOCC1. The minimum absolute atomic E-state index is 0.0866. The van der Waals surface area contributed by atoms with Gasteiger partial charge in [-0.05, 0) is 18.8 Å². The Morgan fingerprint density at radius 3 is 2.46 bits per heavy atom. The van der Waals surface area contributed by atoms with Gasteiger partial charge in [-0.2, -0.15) is 0 Å². The van der Waals surface area contributed by atoms with Crippen LogP contribution >= 0.6 is 0 Å². The van der Waals surface area contributed by atoms with Crippen LogP contribution in [-0.2, 0) is 14.6 Å². The highest BCUT2D eigenvalue weighted by molar-refractivity contribution is 7.90. The number of aliphatic hydroxyl groups excluding tert-OH is 1. The fourth-order valence-corrected chi connectivity index (χ4v) is 2.44. The summed E-state index contributed by atoms with van der Waals surface area (Å²) < 4.78 is 26.9. The van der Waals surface area contributed by atoms with Crippen LogP contribution in [0, 0.1) is 5.92 Å². The van der Waals surface area contributed by atoms with Crippen molar-refractivity contribution in [1.82, 2.24) is 0 Å². The molecule has 0 aromatic rings. The molecule has 78 valence electrons. The molecule has 1 saturated heterocycles. The summed E-state index contributed by atoms with van der Waals surface area (Å²) in [6, 6.07) is 0. The van der Waals surface area contributed by atoms with Gasteiger partial charge in [0.15, 0.2) is 0 Å². The molecule has 0 aromatic carbocycles. The van der Waals surface area contributed by atoms with Crippen molar-refractivity contribution < 1.29 is 18.3 Å². The highest BCUT2D eigenvalue weighted by atomic mass is 32.2. The summed E-state index contributed by atoms with van der Waals surface area (Å²) in [6.45, 7) is 1.26. The van der Waals surface area contributed by atoms with E-state index in [-0.39, 0.29) is 11.7 Å². The largest absolute Gasteiger partial charge is 0.392 e. The fraction of sp³-hybridized carbons (Fsp3) is 1.00. The van der Waals surface area contributed by atoms with Crippen molar-refractivity contribution in [3.05, 3.63) is 0 Å². The zero-order valence-corrected chi connectivity index (χ0v) is 8.59. The molecule has 1 heterocycles. The molecule has 1 atom stereocenters. The summed E-state index contributed by atoms with van der Waals surface area (Å²) >= 11 is 0. The maximum absolute atomic E-state index is 10.9. The van der Waals surface area contributed by atoms with Crippen LogP contribution in [0.25, 0.3) is 0 Å². The molecule has 0 radical (unpaired) electrons. The van der Waals surface area contributed by atoms with Gasteiger partial charge in [0.25, 0.3) is 0 Å². The molecule has 1 fully saturated rings. The Hall–Kier alpha value is -0.130. The van der Waals surface area contributed by atoms with Gasteiger partial charge in [-0.1, -0.05) is 0 Å². The Morgan fingerprint density at radius 2 is 2.00 bits per heavy atom. The minimum atomic E-state index is -3.06. The van der Waals surface area contributed by atoms with E-state index in [1.54, 1.807) is 0 Å². The van der Waals surface area contributed by atoms with Crippen molar-refractivity contribution in [2.75, 3.05) is 25.2 Å². The summed E-state index contributed by atoms with van der Waals surface area (Å²) in [5.74, 6) is -0.0408. The van der Waals surface area contributed by atoms with Crippen molar-refractivity contribution in [3.8, 4) is 0 Å². The van der Waals surface area contributed by atoms with Crippen LogP contribution in [-0.4, -0.2) is 44.9 Å². The first-order chi connectivity index (χ1) is 5.99. The first kappa shape index (κ1) is 10.9. The average Bonchev–Trinajstić information content (AvgIpc) is 2.03. The van der Waals surface area contributed by atoms with Gasteiger partial charge in [0.1, 0.15) is 9.84 Å². The molecule has 0 spiro atoms. The monoisotopic (exact) mass is 208 g/mol. The molecular formula is C8H16O4S. The molecule has 0 amide bonds. The second-order valence-corrected chi connectivity index (χ2v) is 5.79. The summed E-state index contributed by atoms with van der Waals surface area (Å²) in [5.41, 5.74) is 0. The molecule has 0 bridgehead atoms. The lowest BCUT2D eigenvalue weighted by molar-refractivity contribution is 0.0164. The topological polar surface area (TPSA) is 63.6 Å². The van der Waals surface area contributed by atoms with Gasteiger partial charge < -0.3 is 9.84 Å². The van der Waals surface area contributed by atoms with Crippen LogP contribution in [0.3, 0.4) is 0 Å². The minimum Gasteiger partial charge on any atom is -0.392 e. The molecule has 1 aliphatic heterocycles. The molecule has 1 rings (SSSR count). The number of sulfone groups is 1. The molecule has 1 aliphatic rings. The van der Waals surface area contributed by atoms with Crippen molar-refractivity contribution in [3.63, 3.8) is 0 Å². The van der Waals surface area contributed by atoms with E-state index in [9.17, 15) is 13.5 Å².